The first-order chi connectivity index (χ1) is 14.5. The van der Waals surface area contributed by atoms with Crippen LogP contribution in [-0.2, 0) is 6.54 Å². The van der Waals surface area contributed by atoms with Gasteiger partial charge in [0.2, 0.25) is 5.88 Å². The van der Waals surface area contributed by atoms with E-state index < -0.39 is 0 Å². The van der Waals surface area contributed by atoms with Crippen LogP contribution in [0.25, 0.3) is 11.3 Å². The van der Waals surface area contributed by atoms with E-state index >= 15 is 0 Å². The predicted molar refractivity (Wildman–Crippen MR) is 121 cm³/mol. The number of aromatic nitrogens is 3. The second-order valence-electron chi connectivity index (χ2n) is 7.06. The Morgan fingerprint density at radius 3 is 2.60 bits per heavy atom. The van der Waals surface area contributed by atoms with E-state index in [1.165, 1.54) is 0 Å². The molecule has 3 rings (SSSR count). The molecule has 3 heterocycles. The molecule has 3 N–H and O–H groups in total. The minimum atomic E-state index is 0.0533. The maximum Gasteiger partial charge on any atom is 0.222 e. The molecule has 0 amide bonds. The molecule has 0 spiro atoms. The van der Waals surface area contributed by atoms with E-state index in [0.717, 1.165) is 28.2 Å². The third-order valence-corrected chi connectivity index (χ3v) is 4.62. The summed E-state index contributed by atoms with van der Waals surface area (Å²) in [6.07, 6.45) is 3.48. The molecule has 3 aromatic heterocycles. The average molecular weight is 405 g/mol. The highest BCUT2D eigenvalue weighted by Gasteiger charge is 2.20. The number of anilines is 2. The Balaban J connectivity index is 2.11. The molecule has 0 aliphatic heterocycles. The molecule has 156 valence electrons. The Morgan fingerprint density at radius 1 is 1.13 bits per heavy atom. The fraction of sp³-hybridized carbons (Fsp3) is 0.304. The molecular weight excluding hydrogens is 376 g/mol. The zero-order valence-electron chi connectivity index (χ0n) is 17.9. The molecular formula is C23H28N6O. The first kappa shape index (κ1) is 21.2. The first-order valence-electron chi connectivity index (χ1n) is 10.1. The topological polar surface area (TPSA) is 95.8 Å². The van der Waals surface area contributed by atoms with Crippen LogP contribution in [0.4, 0.5) is 11.5 Å². The predicted octanol–water partition coefficient (Wildman–Crippen LogP) is 4.61. The van der Waals surface area contributed by atoms with Gasteiger partial charge in [0.1, 0.15) is 5.82 Å². The van der Waals surface area contributed by atoms with Gasteiger partial charge in [-0.1, -0.05) is 19.9 Å². The van der Waals surface area contributed by atoms with Gasteiger partial charge in [-0.05, 0) is 43.2 Å². The van der Waals surface area contributed by atoms with Crippen molar-refractivity contribution in [1.82, 2.24) is 15.0 Å². The fourth-order valence-electron chi connectivity index (χ4n) is 3.09. The first-order valence-corrected chi connectivity index (χ1v) is 10.1. The molecule has 7 heteroatoms. The Bertz CT molecular complexity index is 1000. The van der Waals surface area contributed by atoms with E-state index in [4.69, 9.17) is 15.1 Å². The van der Waals surface area contributed by atoms with Gasteiger partial charge in [-0.3, -0.25) is 4.98 Å². The number of ether oxygens (including phenoxy) is 1. The van der Waals surface area contributed by atoms with E-state index in [9.17, 15) is 0 Å². The lowest BCUT2D eigenvalue weighted by atomic mass is 9.97. The summed E-state index contributed by atoms with van der Waals surface area (Å²) in [6, 6.07) is 11.6. The Kier molecular flexibility index (Phi) is 6.95. The van der Waals surface area contributed by atoms with Gasteiger partial charge in [0, 0.05) is 30.8 Å². The fourth-order valence-corrected chi connectivity index (χ4v) is 3.09. The Labute approximate surface area is 177 Å². The molecule has 0 atom stereocenters. The number of nitrogens with zero attached hydrogens (tertiary/aromatic N) is 3. The van der Waals surface area contributed by atoms with Crippen molar-refractivity contribution >= 4 is 17.2 Å². The van der Waals surface area contributed by atoms with E-state index in [-0.39, 0.29) is 5.92 Å². The van der Waals surface area contributed by atoms with Crippen molar-refractivity contribution < 1.29 is 4.74 Å². The van der Waals surface area contributed by atoms with Gasteiger partial charge < -0.3 is 20.8 Å². The van der Waals surface area contributed by atoms with Gasteiger partial charge in [0.05, 0.1) is 35.7 Å². The van der Waals surface area contributed by atoms with Gasteiger partial charge in [-0.2, -0.15) is 0 Å². The molecule has 0 fully saturated rings. The number of nitrogens with one attached hydrogen (secondary N) is 3. The molecule has 0 bridgehead atoms. The van der Waals surface area contributed by atoms with Crippen molar-refractivity contribution in [2.24, 2.45) is 5.92 Å². The van der Waals surface area contributed by atoms with Crippen LogP contribution in [0.1, 0.15) is 32.0 Å². The van der Waals surface area contributed by atoms with Gasteiger partial charge in [-0.15, -0.1) is 0 Å². The molecule has 30 heavy (non-hydrogen) atoms. The molecule has 0 saturated heterocycles. The van der Waals surface area contributed by atoms with E-state index in [2.05, 4.69) is 20.6 Å². The van der Waals surface area contributed by atoms with Crippen LogP contribution >= 0.6 is 0 Å². The lowest BCUT2D eigenvalue weighted by Gasteiger charge is -2.20. The van der Waals surface area contributed by atoms with Crippen molar-refractivity contribution in [3.63, 3.8) is 0 Å². The standard InChI is InChI=1S/C23H28N6O/c1-5-30-23-17(10-8-12-27-23)18-13-19(28-14-16-9-6-7-11-26-16)20(21(24)15(2)3)22(25-4)29-18/h6-13,15,24H,5,14H2,1-4H3,(H2,25,28,29). The Morgan fingerprint density at radius 2 is 1.93 bits per heavy atom. The number of rotatable bonds is 9. The highest BCUT2D eigenvalue weighted by molar-refractivity contribution is 6.08. The van der Waals surface area contributed by atoms with Crippen molar-refractivity contribution in [1.29, 1.82) is 5.41 Å². The lowest BCUT2D eigenvalue weighted by molar-refractivity contribution is 0.328. The quantitative estimate of drug-likeness (QED) is 0.451. The monoisotopic (exact) mass is 404 g/mol. The summed E-state index contributed by atoms with van der Waals surface area (Å²) in [5.74, 6) is 1.23. The average Bonchev–Trinajstić information content (AvgIpc) is 2.77. The van der Waals surface area contributed by atoms with Crippen LogP contribution in [0.3, 0.4) is 0 Å². The van der Waals surface area contributed by atoms with Crippen molar-refractivity contribution in [2.75, 3.05) is 24.3 Å². The number of pyridine rings is 3. The molecule has 0 radical (unpaired) electrons. The van der Waals surface area contributed by atoms with Crippen molar-refractivity contribution in [3.05, 3.63) is 60.0 Å². The maximum absolute atomic E-state index is 8.66. The molecule has 0 aliphatic carbocycles. The van der Waals surface area contributed by atoms with Crippen LogP contribution in [0.2, 0.25) is 0 Å². The van der Waals surface area contributed by atoms with Crippen molar-refractivity contribution in [3.8, 4) is 17.1 Å². The van der Waals surface area contributed by atoms with E-state index in [1.807, 2.05) is 64.2 Å². The summed E-state index contributed by atoms with van der Waals surface area (Å²) in [4.78, 5) is 13.5. The second kappa shape index (κ2) is 9.82. The van der Waals surface area contributed by atoms with Crippen molar-refractivity contribution in [2.45, 2.75) is 27.3 Å². The maximum atomic E-state index is 8.66. The third kappa shape index (κ3) is 4.74. The zero-order valence-corrected chi connectivity index (χ0v) is 17.9. The summed E-state index contributed by atoms with van der Waals surface area (Å²) in [7, 11) is 1.82. The van der Waals surface area contributed by atoms with Gasteiger partial charge in [0.15, 0.2) is 0 Å². The highest BCUT2D eigenvalue weighted by atomic mass is 16.5. The lowest BCUT2D eigenvalue weighted by Crippen LogP contribution is -2.16. The molecule has 0 unspecified atom stereocenters. The second-order valence-corrected chi connectivity index (χ2v) is 7.06. The number of hydrogen-bond donors (Lipinski definition) is 3. The van der Waals surface area contributed by atoms with Crippen LogP contribution in [0, 0.1) is 11.3 Å². The van der Waals surface area contributed by atoms with Gasteiger partial charge in [-0.25, -0.2) is 9.97 Å². The zero-order chi connectivity index (χ0) is 21.5. The largest absolute Gasteiger partial charge is 0.477 e. The summed E-state index contributed by atoms with van der Waals surface area (Å²) < 4.78 is 5.71. The molecule has 0 aromatic carbocycles. The van der Waals surface area contributed by atoms with Gasteiger partial charge in [0.25, 0.3) is 0 Å². The van der Waals surface area contributed by atoms with E-state index in [1.54, 1.807) is 12.4 Å². The highest BCUT2D eigenvalue weighted by Crippen LogP contribution is 2.34. The minimum absolute atomic E-state index is 0.0533. The van der Waals surface area contributed by atoms with Crippen LogP contribution < -0.4 is 15.4 Å². The summed E-state index contributed by atoms with van der Waals surface area (Å²) in [6.45, 7) is 7.00. The molecule has 7 nitrogen and oxygen atoms in total. The summed E-state index contributed by atoms with van der Waals surface area (Å²) in [5, 5.41) is 15.3. The van der Waals surface area contributed by atoms with Crippen LogP contribution in [0.5, 0.6) is 5.88 Å². The molecule has 0 aliphatic rings. The molecule has 3 aromatic rings. The smallest absolute Gasteiger partial charge is 0.222 e. The normalized spacial score (nSPS) is 10.7. The summed E-state index contributed by atoms with van der Waals surface area (Å²) >= 11 is 0. The number of hydrogen-bond acceptors (Lipinski definition) is 7. The van der Waals surface area contributed by atoms with Crippen LogP contribution in [0.15, 0.2) is 48.8 Å². The SMILES string of the molecule is CCOc1ncccc1-c1cc(NCc2ccccn2)c(C(=N)C(C)C)c(NC)n1. The van der Waals surface area contributed by atoms with Gasteiger partial charge >= 0.3 is 0 Å². The van der Waals surface area contributed by atoms with Crippen LogP contribution in [-0.4, -0.2) is 34.3 Å². The Hall–Kier alpha value is -3.48. The summed E-state index contributed by atoms with van der Waals surface area (Å²) in [5.41, 5.74) is 4.53. The minimum Gasteiger partial charge on any atom is -0.477 e. The third-order valence-electron chi connectivity index (χ3n) is 4.62. The van der Waals surface area contributed by atoms with E-state index in [0.29, 0.717) is 30.6 Å². The molecule has 0 saturated carbocycles.